The zero-order valence-electron chi connectivity index (χ0n) is 18.3. The summed E-state index contributed by atoms with van der Waals surface area (Å²) < 4.78 is 17.3. The topological polar surface area (TPSA) is 89.2 Å². The van der Waals surface area contributed by atoms with Crippen LogP contribution in [0.3, 0.4) is 0 Å². The van der Waals surface area contributed by atoms with Crippen molar-refractivity contribution in [3.8, 4) is 11.5 Å². The first-order valence-corrected chi connectivity index (χ1v) is 10.9. The molecule has 4 rings (SSSR count). The van der Waals surface area contributed by atoms with Gasteiger partial charge in [0.05, 0.1) is 37.3 Å². The summed E-state index contributed by atoms with van der Waals surface area (Å²) in [6.45, 7) is 2.55. The van der Waals surface area contributed by atoms with Crippen molar-refractivity contribution in [1.82, 2.24) is 4.90 Å². The maximum Gasteiger partial charge on any atom is 0.290 e. The quantitative estimate of drug-likeness (QED) is 0.511. The van der Waals surface area contributed by atoms with E-state index in [4.69, 9.17) is 13.9 Å². The van der Waals surface area contributed by atoms with Gasteiger partial charge in [0, 0.05) is 6.54 Å². The van der Waals surface area contributed by atoms with Gasteiger partial charge in [0.2, 0.25) is 5.76 Å². The monoisotopic (exact) mass is 437 g/mol. The molecule has 2 heterocycles. The number of β-amino-alcohol motifs (C(OH)–C–C–N with tert-alkyl or cyclic N) is 1. The van der Waals surface area contributed by atoms with Crippen LogP contribution in [-0.2, 0) is 0 Å². The van der Waals surface area contributed by atoms with E-state index in [1.165, 1.54) is 4.90 Å². The van der Waals surface area contributed by atoms with Crippen LogP contribution in [0.1, 0.15) is 53.9 Å². The summed E-state index contributed by atoms with van der Waals surface area (Å²) in [5.41, 5.74) is 1.08. The standard InChI is InChI=1S/C25H27NO6/c1-3-4-7-14-31-19-11-10-16(15-20(19)30-2)22-21-23(28)17-8-5-6-9-18(17)32-24(21)25(29)26(22)12-13-27/h5-6,8-11,15,22,27H,3-4,7,12-14H2,1-2H3/t22-/m0/s1. The fraction of sp³-hybridized carbons (Fsp3) is 0.360. The second kappa shape index (κ2) is 9.44. The third-order valence-corrected chi connectivity index (χ3v) is 5.72. The molecule has 1 aliphatic rings. The summed E-state index contributed by atoms with van der Waals surface area (Å²) in [4.78, 5) is 27.9. The average molecular weight is 437 g/mol. The van der Waals surface area contributed by atoms with Gasteiger partial charge in [-0.25, -0.2) is 0 Å². The average Bonchev–Trinajstić information content (AvgIpc) is 3.09. The lowest BCUT2D eigenvalue weighted by atomic mass is 9.98. The number of fused-ring (bicyclic) bond motifs is 2. The molecule has 0 saturated carbocycles. The highest BCUT2D eigenvalue weighted by atomic mass is 16.5. The first-order chi connectivity index (χ1) is 15.6. The molecule has 168 valence electrons. The van der Waals surface area contributed by atoms with Gasteiger partial charge in [-0.3, -0.25) is 9.59 Å². The zero-order chi connectivity index (χ0) is 22.7. The Balaban J connectivity index is 1.79. The van der Waals surface area contributed by atoms with Crippen LogP contribution in [0.2, 0.25) is 0 Å². The van der Waals surface area contributed by atoms with E-state index >= 15 is 0 Å². The van der Waals surface area contributed by atoms with Crippen LogP contribution in [0.15, 0.2) is 51.7 Å². The Morgan fingerprint density at radius 1 is 1.09 bits per heavy atom. The van der Waals surface area contributed by atoms with Crippen LogP contribution < -0.4 is 14.9 Å². The summed E-state index contributed by atoms with van der Waals surface area (Å²) in [6.07, 6.45) is 3.14. The van der Waals surface area contributed by atoms with Crippen molar-refractivity contribution in [3.05, 3.63) is 69.6 Å². The van der Waals surface area contributed by atoms with Crippen molar-refractivity contribution < 1.29 is 23.8 Å². The molecule has 0 radical (unpaired) electrons. The molecule has 1 aromatic heterocycles. The molecule has 7 nitrogen and oxygen atoms in total. The van der Waals surface area contributed by atoms with E-state index < -0.39 is 11.9 Å². The van der Waals surface area contributed by atoms with Crippen molar-refractivity contribution in [3.63, 3.8) is 0 Å². The largest absolute Gasteiger partial charge is 0.493 e. The van der Waals surface area contributed by atoms with E-state index in [0.717, 1.165) is 19.3 Å². The molecule has 32 heavy (non-hydrogen) atoms. The molecule has 1 N–H and O–H groups in total. The molecule has 0 bridgehead atoms. The lowest BCUT2D eigenvalue weighted by Crippen LogP contribution is -2.32. The first kappa shape index (κ1) is 21.9. The van der Waals surface area contributed by atoms with E-state index in [1.54, 1.807) is 43.5 Å². The molecular weight excluding hydrogens is 410 g/mol. The Morgan fingerprint density at radius 2 is 1.91 bits per heavy atom. The van der Waals surface area contributed by atoms with Crippen molar-refractivity contribution in [2.24, 2.45) is 0 Å². The molecule has 1 amide bonds. The van der Waals surface area contributed by atoms with Gasteiger partial charge in [0.1, 0.15) is 5.58 Å². The summed E-state index contributed by atoms with van der Waals surface area (Å²) in [5, 5.41) is 10.00. The van der Waals surface area contributed by atoms with E-state index in [9.17, 15) is 14.7 Å². The van der Waals surface area contributed by atoms with Gasteiger partial charge >= 0.3 is 0 Å². The second-order valence-electron chi connectivity index (χ2n) is 7.76. The summed E-state index contributed by atoms with van der Waals surface area (Å²) in [7, 11) is 1.55. The molecule has 0 spiro atoms. The lowest BCUT2D eigenvalue weighted by molar-refractivity contribution is 0.0691. The van der Waals surface area contributed by atoms with Gasteiger partial charge in [-0.05, 0) is 36.2 Å². The minimum absolute atomic E-state index is 0.0195. The molecule has 0 fully saturated rings. The normalized spacial score (nSPS) is 15.3. The van der Waals surface area contributed by atoms with E-state index in [0.29, 0.717) is 34.6 Å². The molecule has 0 aliphatic carbocycles. The van der Waals surface area contributed by atoms with Crippen molar-refractivity contribution in [2.75, 3.05) is 26.9 Å². The van der Waals surface area contributed by atoms with E-state index in [1.807, 2.05) is 6.07 Å². The fourth-order valence-corrected chi connectivity index (χ4v) is 4.16. The molecule has 0 saturated heterocycles. The van der Waals surface area contributed by atoms with Crippen LogP contribution >= 0.6 is 0 Å². The number of hydrogen-bond donors (Lipinski definition) is 1. The maximum absolute atomic E-state index is 13.4. The highest BCUT2D eigenvalue weighted by Crippen LogP contribution is 2.40. The summed E-state index contributed by atoms with van der Waals surface area (Å²) in [5.74, 6) is 0.733. The number of hydrogen-bond acceptors (Lipinski definition) is 6. The number of ether oxygens (including phenoxy) is 2. The van der Waals surface area contributed by atoms with Gasteiger partial charge in [0.25, 0.3) is 5.91 Å². The number of benzene rings is 2. The molecule has 1 aliphatic heterocycles. The first-order valence-electron chi connectivity index (χ1n) is 10.9. The lowest BCUT2D eigenvalue weighted by Gasteiger charge is -2.25. The molecular formula is C25H27NO6. The van der Waals surface area contributed by atoms with E-state index in [2.05, 4.69) is 6.92 Å². The molecule has 7 heteroatoms. The number of methoxy groups -OCH3 is 1. The van der Waals surface area contributed by atoms with Crippen molar-refractivity contribution in [1.29, 1.82) is 0 Å². The van der Waals surface area contributed by atoms with Gasteiger partial charge in [-0.1, -0.05) is 38.0 Å². The predicted octanol–water partition coefficient (Wildman–Crippen LogP) is 3.91. The van der Waals surface area contributed by atoms with Crippen LogP contribution in [0.25, 0.3) is 11.0 Å². The Morgan fingerprint density at radius 3 is 2.66 bits per heavy atom. The van der Waals surface area contributed by atoms with Gasteiger partial charge in [-0.15, -0.1) is 0 Å². The third kappa shape index (κ3) is 3.84. The highest BCUT2D eigenvalue weighted by Gasteiger charge is 2.42. The van der Waals surface area contributed by atoms with Gasteiger partial charge in [0.15, 0.2) is 16.9 Å². The van der Waals surface area contributed by atoms with Crippen LogP contribution in [0.4, 0.5) is 0 Å². The molecule has 3 aromatic rings. The fourth-order valence-electron chi connectivity index (χ4n) is 4.16. The van der Waals surface area contributed by atoms with Gasteiger partial charge < -0.3 is 23.9 Å². The number of amides is 1. The Kier molecular flexibility index (Phi) is 6.46. The molecule has 0 unspecified atom stereocenters. The maximum atomic E-state index is 13.4. The number of nitrogens with zero attached hydrogens (tertiary/aromatic N) is 1. The Hall–Kier alpha value is -3.32. The number of rotatable bonds is 9. The number of para-hydroxylation sites is 1. The third-order valence-electron chi connectivity index (χ3n) is 5.72. The minimum Gasteiger partial charge on any atom is -0.493 e. The summed E-state index contributed by atoms with van der Waals surface area (Å²) in [6, 6.07) is 11.6. The Bertz CT molecular complexity index is 1180. The van der Waals surface area contributed by atoms with Crippen molar-refractivity contribution in [2.45, 2.75) is 32.2 Å². The van der Waals surface area contributed by atoms with Gasteiger partial charge in [-0.2, -0.15) is 0 Å². The van der Waals surface area contributed by atoms with Crippen LogP contribution in [0.5, 0.6) is 11.5 Å². The number of aliphatic hydroxyl groups is 1. The summed E-state index contributed by atoms with van der Waals surface area (Å²) >= 11 is 0. The van der Waals surface area contributed by atoms with E-state index in [-0.39, 0.29) is 29.9 Å². The second-order valence-corrected chi connectivity index (χ2v) is 7.76. The van der Waals surface area contributed by atoms with Crippen LogP contribution in [-0.4, -0.2) is 42.8 Å². The Labute approximate surface area is 186 Å². The number of unbranched alkanes of at least 4 members (excludes halogenated alkanes) is 2. The number of carbonyl (C=O) groups is 1. The molecule has 1 atom stereocenters. The highest BCUT2D eigenvalue weighted by molar-refractivity contribution is 5.99. The zero-order valence-corrected chi connectivity index (χ0v) is 18.3. The SMILES string of the molecule is CCCCCOc1ccc([C@H]2c3c(oc4ccccc4c3=O)C(=O)N2CCO)cc1OC. The molecule has 2 aromatic carbocycles. The number of carbonyl (C=O) groups excluding carboxylic acids is 1. The van der Waals surface area contributed by atoms with Crippen LogP contribution in [0, 0.1) is 0 Å². The predicted molar refractivity (Wildman–Crippen MR) is 120 cm³/mol. The van der Waals surface area contributed by atoms with Crippen molar-refractivity contribution >= 4 is 16.9 Å². The minimum atomic E-state index is -0.687. The smallest absolute Gasteiger partial charge is 0.290 e. The number of aliphatic hydroxyl groups excluding tert-OH is 1.